The molecule has 3 heterocycles. The molecule has 1 saturated heterocycles. The first-order valence-corrected chi connectivity index (χ1v) is 10.2. The Labute approximate surface area is 180 Å². The molecule has 31 heavy (non-hydrogen) atoms. The van der Waals surface area contributed by atoms with Crippen LogP contribution in [-0.2, 0) is 4.79 Å². The number of methoxy groups -OCH3 is 1. The van der Waals surface area contributed by atoms with E-state index in [0.29, 0.717) is 18.8 Å². The fourth-order valence-corrected chi connectivity index (χ4v) is 3.72. The van der Waals surface area contributed by atoms with Crippen LogP contribution in [0.3, 0.4) is 0 Å². The van der Waals surface area contributed by atoms with E-state index in [1.807, 2.05) is 36.4 Å². The predicted octanol–water partition coefficient (Wildman–Crippen LogP) is 2.22. The molecule has 3 aromatic rings. The van der Waals surface area contributed by atoms with Gasteiger partial charge in [-0.15, -0.1) is 0 Å². The number of aromatic nitrogens is 3. The summed E-state index contributed by atoms with van der Waals surface area (Å²) in [7, 11) is 1.65. The Morgan fingerprint density at radius 1 is 1.03 bits per heavy atom. The van der Waals surface area contributed by atoms with Gasteiger partial charge in [0.2, 0.25) is 5.91 Å². The van der Waals surface area contributed by atoms with Gasteiger partial charge in [-0.2, -0.15) is 5.10 Å². The van der Waals surface area contributed by atoms with Crippen molar-refractivity contribution in [1.82, 2.24) is 19.7 Å². The van der Waals surface area contributed by atoms with Gasteiger partial charge in [-0.3, -0.25) is 14.6 Å². The molecule has 1 atom stereocenters. The Morgan fingerprint density at radius 2 is 1.77 bits per heavy atom. The lowest BCUT2D eigenvalue weighted by Crippen LogP contribution is -2.51. The Kier molecular flexibility index (Phi) is 5.97. The molecule has 1 unspecified atom stereocenters. The lowest BCUT2D eigenvalue weighted by molar-refractivity contribution is -0.135. The van der Waals surface area contributed by atoms with E-state index in [4.69, 9.17) is 4.74 Å². The molecule has 1 aliphatic heterocycles. The molecular formula is C23H25N5O3. The number of carbonyl (C=O) groups is 1. The van der Waals surface area contributed by atoms with Crippen molar-refractivity contribution >= 4 is 11.6 Å². The molecule has 0 saturated carbocycles. The van der Waals surface area contributed by atoms with Crippen molar-refractivity contribution in [3.8, 4) is 17.0 Å². The average molecular weight is 419 g/mol. The van der Waals surface area contributed by atoms with E-state index in [9.17, 15) is 9.59 Å². The first-order chi connectivity index (χ1) is 15.1. The SMILES string of the molecule is COc1ccc(N2CCN(C(=O)C(C)n3nc(-c4cccnc4)ccc3=O)CC2)cc1. The van der Waals surface area contributed by atoms with Crippen molar-refractivity contribution in [2.75, 3.05) is 38.2 Å². The Hall–Kier alpha value is -3.68. The number of amides is 1. The van der Waals surface area contributed by atoms with Gasteiger partial charge in [0.05, 0.1) is 12.8 Å². The largest absolute Gasteiger partial charge is 0.497 e. The molecule has 1 amide bonds. The molecule has 0 spiro atoms. The van der Waals surface area contributed by atoms with Gasteiger partial charge < -0.3 is 14.5 Å². The average Bonchev–Trinajstić information content (AvgIpc) is 2.84. The van der Waals surface area contributed by atoms with Crippen LogP contribution in [0.25, 0.3) is 11.3 Å². The van der Waals surface area contributed by atoms with E-state index in [0.717, 1.165) is 30.1 Å². The molecule has 8 nitrogen and oxygen atoms in total. The van der Waals surface area contributed by atoms with Crippen molar-refractivity contribution in [2.24, 2.45) is 0 Å². The van der Waals surface area contributed by atoms with Crippen LogP contribution in [-0.4, -0.2) is 58.9 Å². The topological polar surface area (TPSA) is 80.6 Å². The fourth-order valence-electron chi connectivity index (χ4n) is 3.72. The third kappa shape index (κ3) is 4.42. The van der Waals surface area contributed by atoms with Crippen LogP contribution in [0.15, 0.2) is 65.7 Å². The summed E-state index contributed by atoms with van der Waals surface area (Å²) in [5, 5.41) is 4.43. The Balaban J connectivity index is 1.45. The predicted molar refractivity (Wildman–Crippen MR) is 118 cm³/mol. The smallest absolute Gasteiger partial charge is 0.267 e. The standard InChI is InChI=1S/C23H25N5O3/c1-17(28-22(29)10-9-21(25-28)18-4-3-11-24-16-18)23(30)27-14-12-26(13-15-27)19-5-7-20(31-2)8-6-19/h3-11,16-17H,12-15H2,1-2H3. The highest BCUT2D eigenvalue weighted by molar-refractivity contribution is 5.80. The highest BCUT2D eigenvalue weighted by Crippen LogP contribution is 2.21. The second kappa shape index (κ2) is 8.99. The third-order valence-corrected chi connectivity index (χ3v) is 5.54. The summed E-state index contributed by atoms with van der Waals surface area (Å²) >= 11 is 0. The first-order valence-electron chi connectivity index (χ1n) is 10.2. The molecule has 4 rings (SSSR count). The van der Waals surface area contributed by atoms with Crippen molar-refractivity contribution in [1.29, 1.82) is 0 Å². The van der Waals surface area contributed by atoms with Gasteiger partial charge in [0.15, 0.2) is 0 Å². The molecule has 1 aromatic carbocycles. The molecular weight excluding hydrogens is 394 g/mol. The van der Waals surface area contributed by atoms with Crippen molar-refractivity contribution in [3.63, 3.8) is 0 Å². The first kappa shape index (κ1) is 20.6. The number of piperazine rings is 1. The number of pyridine rings is 1. The van der Waals surface area contributed by atoms with E-state index < -0.39 is 6.04 Å². The Morgan fingerprint density at radius 3 is 2.42 bits per heavy atom. The summed E-state index contributed by atoms with van der Waals surface area (Å²) in [6.45, 7) is 4.35. The second-order valence-electron chi connectivity index (χ2n) is 7.43. The number of anilines is 1. The minimum atomic E-state index is -0.684. The summed E-state index contributed by atoms with van der Waals surface area (Å²) in [6, 6.07) is 14.0. The maximum absolute atomic E-state index is 13.1. The Bertz CT molecular complexity index is 1090. The van der Waals surface area contributed by atoms with Crippen LogP contribution in [0.5, 0.6) is 5.75 Å². The second-order valence-corrected chi connectivity index (χ2v) is 7.43. The van der Waals surface area contributed by atoms with Gasteiger partial charge in [0, 0.05) is 55.9 Å². The lowest BCUT2D eigenvalue weighted by atomic mass is 10.2. The molecule has 1 aliphatic rings. The monoisotopic (exact) mass is 419 g/mol. The summed E-state index contributed by atoms with van der Waals surface area (Å²) in [6.07, 6.45) is 3.36. The molecule has 0 N–H and O–H groups in total. The van der Waals surface area contributed by atoms with Crippen molar-refractivity contribution in [2.45, 2.75) is 13.0 Å². The van der Waals surface area contributed by atoms with E-state index in [1.165, 1.54) is 10.7 Å². The molecule has 1 fully saturated rings. The van der Waals surface area contributed by atoms with Crippen LogP contribution in [0.4, 0.5) is 5.69 Å². The van der Waals surface area contributed by atoms with Gasteiger partial charge >= 0.3 is 0 Å². The van der Waals surface area contributed by atoms with E-state index in [1.54, 1.807) is 37.4 Å². The van der Waals surface area contributed by atoms with Gasteiger partial charge in [0.1, 0.15) is 11.8 Å². The molecule has 0 bridgehead atoms. The number of hydrogen-bond donors (Lipinski definition) is 0. The number of benzene rings is 1. The minimum absolute atomic E-state index is 0.104. The zero-order valence-corrected chi connectivity index (χ0v) is 17.6. The van der Waals surface area contributed by atoms with Crippen molar-refractivity contribution in [3.05, 3.63) is 71.3 Å². The van der Waals surface area contributed by atoms with Gasteiger partial charge in [-0.05, 0) is 49.4 Å². The van der Waals surface area contributed by atoms with Gasteiger partial charge in [-0.1, -0.05) is 0 Å². The van der Waals surface area contributed by atoms with Crippen LogP contribution < -0.4 is 15.2 Å². The molecule has 160 valence electrons. The summed E-state index contributed by atoms with van der Waals surface area (Å²) in [5.41, 5.74) is 2.20. The maximum atomic E-state index is 13.1. The van der Waals surface area contributed by atoms with E-state index in [-0.39, 0.29) is 11.5 Å². The zero-order valence-electron chi connectivity index (χ0n) is 17.6. The molecule has 2 aromatic heterocycles. The van der Waals surface area contributed by atoms with E-state index in [2.05, 4.69) is 15.0 Å². The van der Waals surface area contributed by atoms with Gasteiger partial charge in [0.25, 0.3) is 5.56 Å². The summed E-state index contributed by atoms with van der Waals surface area (Å²) in [4.78, 5) is 33.7. The third-order valence-electron chi connectivity index (χ3n) is 5.54. The lowest BCUT2D eigenvalue weighted by Gasteiger charge is -2.37. The van der Waals surface area contributed by atoms with Gasteiger partial charge in [-0.25, -0.2) is 4.68 Å². The minimum Gasteiger partial charge on any atom is -0.497 e. The molecule has 0 aliphatic carbocycles. The van der Waals surface area contributed by atoms with Crippen molar-refractivity contribution < 1.29 is 9.53 Å². The van der Waals surface area contributed by atoms with Crippen LogP contribution in [0.2, 0.25) is 0 Å². The maximum Gasteiger partial charge on any atom is 0.267 e. The highest BCUT2D eigenvalue weighted by atomic mass is 16.5. The highest BCUT2D eigenvalue weighted by Gasteiger charge is 2.27. The number of ether oxygens (including phenoxy) is 1. The molecule has 8 heteroatoms. The number of rotatable bonds is 5. The normalized spacial score (nSPS) is 14.9. The summed E-state index contributed by atoms with van der Waals surface area (Å²) < 4.78 is 6.48. The van der Waals surface area contributed by atoms with Crippen LogP contribution in [0, 0.1) is 0 Å². The van der Waals surface area contributed by atoms with Crippen LogP contribution >= 0.6 is 0 Å². The zero-order chi connectivity index (χ0) is 21.8. The van der Waals surface area contributed by atoms with Crippen LogP contribution in [0.1, 0.15) is 13.0 Å². The number of nitrogens with zero attached hydrogens (tertiary/aromatic N) is 5. The number of carbonyl (C=O) groups excluding carboxylic acids is 1. The molecule has 0 radical (unpaired) electrons. The quantitative estimate of drug-likeness (QED) is 0.631. The van der Waals surface area contributed by atoms with E-state index >= 15 is 0 Å². The fraction of sp³-hybridized carbons (Fsp3) is 0.304. The summed E-state index contributed by atoms with van der Waals surface area (Å²) in [5.74, 6) is 0.713. The number of hydrogen-bond acceptors (Lipinski definition) is 6.